The molecule has 0 heterocycles. The van der Waals surface area contributed by atoms with Gasteiger partial charge < -0.3 is 10.2 Å². The first-order valence-electron chi connectivity index (χ1n) is 9.43. The Kier molecular flexibility index (Phi) is 8.34. The van der Waals surface area contributed by atoms with Gasteiger partial charge in [-0.05, 0) is 49.2 Å². The van der Waals surface area contributed by atoms with Crippen LogP contribution in [0.1, 0.15) is 18.1 Å². The summed E-state index contributed by atoms with van der Waals surface area (Å²) in [5.41, 5.74) is 1.80. The molecule has 0 spiro atoms. The van der Waals surface area contributed by atoms with Crippen LogP contribution in [0.5, 0.6) is 0 Å². The molecule has 7 nitrogen and oxygen atoms in total. The normalized spacial score (nSPS) is 12.2. The third-order valence-corrected chi connectivity index (χ3v) is 6.47. The van der Waals surface area contributed by atoms with Crippen molar-refractivity contribution in [3.8, 4) is 0 Å². The summed E-state index contributed by atoms with van der Waals surface area (Å²) in [6, 6.07) is 10.8. The number of hydrogen-bond acceptors (Lipinski definition) is 4. The number of hydrogen-bond donors (Lipinski definition) is 1. The van der Waals surface area contributed by atoms with Crippen LogP contribution >= 0.6 is 23.2 Å². The molecule has 1 N–H and O–H groups in total. The quantitative estimate of drug-likeness (QED) is 0.621. The van der Waals surface area contributed by atoms with Crippen molar-refractivity contribution >= 4 is 50.7 Å². The SMILES string of the molecule is CNC(=O)[C@H](C)N(Cc1ccc(Cl)cc1Cl)C(=O)CN(c1cccc(C)c1)S(C)(=O)=O. The van der Waals surface area contributed by atoms with Gasteiger partial charge in [0, 0.05) is 23.6 Å². The number of anilines is 1. The highest BCUT2D eigenvalue weighted by Crippen LogP contribution is 2.24. The highest BCUT2D eigenvalue weighted by Gasteiger charge is 2.30. The molecule has 0 aliphatic heterocycles. The van der Waals surface area contributed by atoms with E-state index in [4.69, 9.17) is 23.2 Å². The number of nitrogens with zero attached hydrogens (tertiary/aromatic N) is 2. The zero-order valence-corrected chi connectivity index (χ0v) is 20.1. The van der Waals surface area contributed by atoms with E-state index in [-0.39, 0.29) is 12.5 Å². The number of likely N-dealkylation sites (N-methyl/N-ethyl adjacent to an activating group) is 1. The Morgan fingerprint density at radius 3 is 2.35 bits per heavy atom. The summed E-state index contributed by atoms with van der Waals surface area (Å²) in [4.78, 5) is 26.9. The van der Waals surface area contributed by atoms with E-state index in [1.54, 1.807) is 43.3 Å². The van der Waals surface area contributed by atoms with Gasteiger partial charge in [-0.3, -0.25) is 13.9 Å². The Morgan fingerprint density at radius 1 is 1.13 bits per heavy atom. The summed E-state index contributed by atoms with van der Waals surface area (Å²) >= 11 is 12.2. The lowest BCUT2D eigenvalue weighted by Crippen LogP contribution is -2.50. The van der Waals surface area contributed by atoms with E-state index < -0.39 is 28.5 Å². The van der Waals surface area contributed by atoms with Crippen LogP contribution in [0.2, 0.25) is 10.0 Å². The molecular weight excluding hydrogens is 461 g/mol. The fraction of sp³-hybridized carbons (Fsp3) is 0.333. The second-order valence-corrected chi connectivity index (χ2v) is 9.91. The topological polar surface area (TPSA) is 86.8 Å². The largest absolute Gasteiger partial charge is 0.357 e. The van der Waals surface area contributed by atoms with Gasteiger partial charge in [0.1, 0.15) is 12.6 Å². The molecule has 0 saturated carbocycles. The van der Waals surface area contributed by atoms with Crippen LogP contribution in [0.15, 0.2) is 42.5 Å². The van der Waals surface area contributed by atoms with Crippen molar-refractivity contribution in [2.24, 2.45) is 0 Å². The van der Waals surface area contributed by atoms with Gasteiger partial charge in [-0.1, -0.05) is 41.4 Å². The molecule has 168 valence electrons. The number of rotatable bonds is 8. The van der Waals surface area contributed by atoms with Gasteiger partial charge in [0.15, 0.2) is 0 Å². The van der Waals surface area contributed by atoms with Crippen LogP contribution in [0, 0.1) is 6.92 Å². The predicted molar refractivity (Wildman–Crippen MR) is 124 cm³/mol. The highest BCUT2D eigenvalue weighted by atomic mass is 35.5. The molecule has 2 aromatic rings. The van der Waals surface area contributed by atoms with Gasteiger partial charge in [-0.25, -0.2) is 8.42 Å². The first-order chi connectivity index (χ1) is 14.4. The number of carbonyl (C=O) groups excluding carboxylic acids is 2. The Morgan fingerprint density at radius 2 is 1.81 bits per heavy atom. The van der Waals surface area contributed by atoms with Crippen LogP contribution in [0.3, 0.4) is 0 Å². The molecule has 0 aromatic heterocycles. The standard InChI is InChI=1S/C21H25Cl2N3O4S/c1-14-6-5-7-18(10-14)26(31(4,29)30)13-20(27)25(15(2)21(28)24-3)12-16-8-9-17(22)11-19(16)23/h5-11,15H,12-13H2,1-4H3,(H,24,28)/t15-/m0/s1. The molecule has 1 atom stereocenters. The van der Waals surface area contributed by atoms with Crippen LogP contribution in [-0.4, -0.2) is 51.0 Å². The molecule has 0 saturated heterocycles. The molecule has 2 amide bonds. The van der Waals surface area contributed by atoms with Gasteiger partial charge in [0.05, 0.1) is 11.9 Å². The number of aryl methyl sites for hydroxylation is 1. The molecule has 0 bridgehead atoms. The predicted octanol–water partition coefficient (Wildman–Crippen LogP) is 3.23. The molecule has 31 heavy (non-hydrogen) atoms. The van der Waals surface area contributed by atoms with E-state index in [1.807, 2.05) is 13.0 Å². The lowest BCUT2D eigenvalue weighted by atomic mass is 10.1. The van der Waals surface area contributed by atoms with E-state index in [2.05, 4.69) is 5.32 Å². The number of amides is 2. The molecule has 2 aromatic carbocycles. The smallest absolute Gasteiger partial charge is 0.244 e. The van der Waals surface area contributed by atoms with Gasteiger partial charge in [-0.2, -0.15) is 0 Å². The van der Waals surface area contributed by atoms with Crippen molar-refractivity contribution < 1.29 is 18.0 Å². The Hall–Kier alpha value is -2.29. The molecule has 2 rings (SSSR count). The minimum atomic E-state index is -3.76. The van der Waals surface area contributed by atoms with Gasteiger partial charge in [0.2, 0.25) is 21.8 Å². The van der Waals surface area contributed by atoms with E-state index in [0.29, 0.717) is 21.3 Å². The molecule has 0 aliphatic carbocycles. The van der Waals surface area contributed by atoms with Gasteiger partial charge >= 0.3 is 0 Å². The number of halogens is 2. The van der Waals surface area contributed by atoms with E-state index >= 15 is 0 Å². The zero-order valence-electron chi connectivity index (χ0n) is 17.7. The van der Waals surface area contributed by atoms with E-state index in [1.165, 1.54) is 11.9 Å². The monoisotopic (exact) mass is 485 g/mol. The minimum Gasteiger partial charge on any atom is -0.357 e. The Balaban J connectivity index is 2.41. The van der Waals surface area contributed by atoms with E-state index in [0.717, 1.165) is 16.1 Å². The molecule has 0 fully saturated rings. The molecule has 0 unspecified atom stereocenters. The van der Waals surface area contributed by atoms with Crippen molar-refractivity contribution in [3.63, 3.8) is 0 Å². The summed E-state index contributed by atoms with van der Waals surface area (Å²) in [6.45, 7) is 2.94. The average Bonchev–Trinajstić information content (AvgIpc) is 2.69. The van der Waals surface area contributed by atoms with Crippen LogP contribution in [0.4, 0.5) is 5.69 Å². The highest BCUT2D eigenvalue weighted by molar-refractivity contribution is 7.92. The summed E-state index contributed by atoms with van der Waals surface area (Å²) in [5.74, 6) is -0.936. The first-order valence-corrected chi connectivity index (χ1v) is 12.0. The second kappa shape index (κ2) is 10.3. The number of carbonyl (C=O) groups is 2. The lowest BCUT2D eigenvalue weighted by molar-refractivity contribution is -0.139. The Labute approximate surface area is 193 Å². The number of nitrogens with one attached hydrogen (secondary N) is 1. The summed E-state index contributed by atoms with van der Waals surface area (Å²) in [7, 11) is -2.30. The fourth-order valence-electron chi connectivity index (χ4n) is 3.02. The van der Waals surface area contributed by atoms with Crippen molar-refractivity contribution in [1.82, 2.24) is 10.2 Å². The summed E-state index contributed by atoms with van der Waals surface area (Å²) < 4.78 is 25.9. The summed E-state index contributed by atoms with van der Waals surface area (Å²) in [6.07, 6.45) is 1.03. The maximum Gasteiger partial charge on any atom is 0.244 e. The maximum atomic E-state index is 13.3. The van der Waals surface area contributed by atoms with Crippen molar-refractivity contribution in [2.75, 3.05) is 24.2 Å². The summed E-state index contributed by atoms with van der Waals surface area (Å²) in [5, 5.41) is 3.29. The number of benzene rings is 2. The van der Waals surface area contributed by atoms with Crippen LogP contribution in [0.25, 0.3) is 0 Å². The number of sulfonamides is 1. The molecule has 10 heteroatoms. The second-order valence-electron chi connectivity index (χ2n) is 7.16. The maximum absolute atomic E-state index is 13.3. The van der Waals surface area contributed by atoms with Crippen molar-refractivity contribution in [3.05, 3.63) is 63.6 Å². The van der Waals surface area contributed by atoms with Gasteiger partial charge in [0.25, 0.3) is 0 Å². The van der Waals surface area contributed by atoms with E-state index in [9.17, 15) is 18.0 Å². The third-order valence-electron chi connectivity index (χ3n) is 4.74. The Bertz CT molecular complexity index is 1080. The molecule has 0 aliphatic rings. The van der Waals surface area contributed by atoms with Crippen LogP contribution in [-0.2, 0) is 26.2 Å². The van der Waals surface area contributed by atoms with Crippen molar-refractivity contribution in [1.29, 1.82) is 0 Å². The van der Waals surface area contributed by atoms with Crippen LogP contribution < -0.4 is 9.62 Å². The molecular formula is C21H25Cl2N3O4S. The average molecular weight is 486 g/mol. The fourth-order valence-corrected chi connectivity index (χ4v) is 4.33. The first kappa shape index (κ1) is 25.0. The minimum absolute atomic E-state index is 0.00877. The lowest BCUT2D eigenvalue weighted by Gasteiger charge is -2.31. The zero-order chi connectivity index (χ0) is 23.3. The van der Waals surface area contributed by atoms with Crippen molar-refractivity contribution in [2.45, 2.75) is 26.4 Å². The van der Waals surface area contributed by atoms with Gasteiger partial charge in [-0.15, -0.1) is 0 Å². The third kappa shape index (κ3) is 6.59. The molecule has 0 radical (unpaired) electrons.